The van der Waals surface area contributed by atoms with Gasteiger partial charge in [0.05, 0.1) is 11.3 Å². The van der Waals surface area contributed by atoms with Crippen molar-refractivity contribution in [2.75, 3.05) is 12.3 Å². The molecule has 0 saturated carbocycles. The Hall–Kier alpha value is -1.65. The molecule has 1 aliphatic heterocycles. The van der Waals surface area contributed by atoms with Crippen LogP contribution in [0.15, 0.2) is 12.1 Å². The summed E-state index contributed by atoms with van der Waals surface area (Å²) in [5, 5.41) is 0. The maximum Gasteiger partial charge on any atom is 0.257 e. The highest BCUT2D eigenvalue weighted by atomic mass is 19.1. The summed E-state index contributed by atoms with van der Waals surface area (Å²) in [5.74, 6) is -1.78. The van der Waals surface area contributed by atoms with Crippen LogP contribution in [0.5, 0.6) is 0 Å². The van der Waals surface area contributed by atoms with Crippen LogP contribution in [0.25, 0.3) is 0 Å². The van der Waals surface area contributed by atoms with E-state index in [0.717, 1.165) is 18.9 Å². The number of amides is 1. The fourth-order valence-corrected chi connectivity index (χ4v) is 2.62. The number of anilines is 1. The van der Waals surface area contributed by atoms with Crippen molar-refractivity contribution in [3.63, 3.8) is 0 Å². The highest BCUT2D eigenvalue weighted by Gasteiger charge is 2.32. The Morgan fingerprint density at radius 2 is 2.05 bits per heavy atom. The molecule has 0 aromatic heterocycles. The first-order valence-electron chi connectivity index (χ1n) is 6.47. The van der Waals surface area contributed by atoms with E-state index in [4.69, 9.17) is 5.73 Å². The minimum Gasteiger partial charge on any atom is -0.396 e. The summed E-state index contributed by atoms with van der Waals surface area (Å²) in [6.45, 7) is 4.68. The van der Waals surface area contributed by atoms with E-state index in [9.17, 15) is 13.6 Å². The van der Waals surface area contributed by atoms with Crippen molar-refractivity contribution in [2.45, 2.75) is 32.7 Å². The van der Waals surface area contributed by atoms with Gasteiger partial charge in [0.1, 0.15) is 11.6 Å². The third-order valence-corrected chi connectivity index (χ3v) is 3.65. The normalized spacial score (nSPS) is 19.2. The monoisotopic (exact) mass is 268 g/mol. The average molecular weight is 268 g/mol. The molecular weight excluding hydrogens is 250 g/mol. The molecule has 0 radical (unpaired) electrons. The van der Waals surface area contributed by atoms with Gasteiger partial charge in [0.25, 0.3) is 5.91 Å². The molecule has 2 rings (SSSR count). The molecule has 5 heteroatoms. The van der Waals surface area contributed by atoms with Crippen molar-refractivity contribution >= 4 is 11.6 Å². The zero-order valence-electron chi connectivity index (χ0n) is 11.1. The van der Waals surface area contributed by atoms with Crippen molar-refractivity contribution in [3.8, 4) is 0 Å². The number of hydrogen-bond donors (Lipinski definition) is 1. The lowest BCUT2D eigenvalue weighted by atomic mass is 10.0. The van der Waals surface area contributed by atoms with Crippen LogP contribution in [0.2, 0.25) is 0 Å². The molecule has 0 bridgehead atoms. The molecule has 1 atom stereocenters. The van der Waals surface area contributed by atoms with Crippen molar-refractivity contribution in [3.05, 3.63) is 29.3 Å². The maximum absolute atomic E-state index is 13.7. The predicted octanol–water partition coefficient (Wildman–Crippen LogP) is 2.81. The van der Waals surface area contributed by atoms with Gasteiger partial charge in [0.15, 0.2) is 0 Å². The number of likely N-dealkylation sites (tertiary alicyclic amines) is 1. The van der Waals surface area contributed by atoms with E-state index in [1.807, 2.05) is 13.8 Å². The molecule has 1 amide bonds. The predicted molar refractivity (Wildman–Crippen MR) is 69.7 cm³/mol. The summed E-state index contributed by atoms with van der Waals surface area (Å²) in [4.78, 5) is 14.0. The zero-order chi connectivity index (χ0) is 14.2. The molecule has 1 aromatic rings. The highest BCUT2D eigenvalue weighted by molar-refractivity contribution is 5.95. The van der Waals surface area contributed by atoms with E-state index in [1.165, 1.54) is 0 Å². The third-order valence-electron chi connectivity index (χ3n) is 3.65. The number of carbonyl (C=O) groups excluding carboxylic acids is 1. The molecule has 104 valence electrons. The lowest BCUT2D eigenvalue weighted by molar-refractivity contribution is 0.0697. The molecule has 0 spiro atoms. The number of benzene rings is 1. The van der Waals surface area contributed by atoms with Gasteiger partial charge in [-0.05, 0) is 24.8 Å². The molecule has 1 aromatic carbocycles. The lowest BCUT2D eigenvalue weighted by Gasteiger charge is -2.28. The second-order valence-electron chi connectivity index (χ2n) is 5.31. The minimum absolute atomic E-state index is 0.109. The average Bonchev–Trinajstić information content (AvgIpc) is 2.82. The summed E-state index contributed by atoms with van der Waals surface area (Å²) in [5.41, 5.74) is 5.06. The van der Waals surface area contributed by atoms with Crippen molar-refractivity contribution in [1.82, 2.24) is 4.90 Å². The second-order valence-corrected chi connectivity index (χ2v) is 5.31. The maximum atomic E-state index is 13.7. The number of halogens is 2. The van der Waals surface area contributed by atoms with Gasteiger partial charge in [-0.3, -0.25) is 4.79 Å². The number of nitrogens with two attached hydrogens (primary N) is 1. The van der Waals surface area contributed by atoms with E-state index in [-0.39, 0.29) is 17.3 Å². The van der Waals surface area contributed by atoms with Crippen LogP contribution in [0.1, 0.15) is 37.0 Å². The van der Waals surface area contributed by atoms with E-state index in [1.54, 1.807) is 4.90 Å². The summed E-state index contributed by atoms with van der Waals surface area (Å²) < 4.78 is 26.8. The van der Waals surface area contributed by atoms with E-state index >= 15 is 0 Å². The molecule has 3 nitrogen and oxygen atoms in total. The van der Waals surface area contributed by atoms with Crippen molar-refractivity contribution in [2.24, 2.45) is 5.92 Å². The first kappa shape index (κ1) is 13.8. The van der Waals surface area contributed by atoms with E-state index in [0.29, 0.717) is 18.5 Å². The number of carbonyl (C=O) groups is 1. The molecule has 2 N–H and O–H groups in total. The third kappa shape index (κ3) is 2.55. The Bertz CT molecular complexity index is 502. The number of hydrogen-bond acceptors (Lipinski definition) is 2. The van der Waals surface area contributed by atoms with Gasteiger partial charge in [-0.25, -0.2) is 8.78 Å². The summed E-state index contributed by atoms with van der Waals surface area (Å²) >= 11 is 0. The Morgan fingerprint density at radius 1 is 1.37 bits per heavy atom. The SMILES string of the molecule is CC(C)C1CCCN1C(=O)c1cc(N)c(F)cc1F. The second kappa shape index (κ2) is 5.15. The van der Waals surface area contributed by atoms with Crippen LogP contribution in [0.3, 0.4) is 0 Å². The molecule has 1 unspecified atom stereocenters. The first-order chi connectivity index (χ1) is 8.91. The zero-order valence-corrected chi connectivity index (χ0v) is 11.1. The van der Waals surface area contributed by atoms with Crippen LogP contribution in [-0.4, -0.2) is 23.4 Å². The van der Waals surface area contributed by atoms with Gasteiger partial charge in [0.2, 0.25) is 0 Å². The van der Waals surface area contributed by atoms with Gasteiger partial charge in [0, 0.05) is 18.7 Å². The van der Waals surface area contributed by atoms with Gasteiger partial charge in [-0.2, -0.15) is 0 Å². The fraction of sp³-hybridized carbons (Fsp3) is 0.500. The van der Waals surface area contributed by atoms with Crippen LogP contribution in [0.4, 0.5) is 14.5 Å². The largest absolute Gasteiger partial charge is 0.396 e. The van der Waals surface area contributed by atoms with Gasteiger partial charge < -0.3 is 10.6 Å². The summed E-state index contributed by atoms with van der Waals surface area (Å²) in [7, 11) is 0. The van der Waals surface area contributed by atoms with Gasteiger partial charge >= 0.3 is 0 Å². The van der Waals surface area contributed by atoms with E-state index < -0.39 is 17.5 Å². The Labute approximate surface area is 111 Å². The summed E-state index contributed by atoms with van der Waals surface area (Å²) in [6, 6.07) is 1.87. The van der Waals surface area contributed by atoms with Crippen LogP contribution < -0.4 is 5.73 Å². The van der Waals surface area contributed by atoms with Crippen molar-refractivity contribution < 1.29 is 13.6 Å². The van der Waals surface area contributed by atoms with Crippen LogP contribution in [0, 0.1) is 17.6 Å². The molecular formula is C14H18F2N2O. The molecule has 19 heavy (non-hydrogen) atoms. The molecule has 1 fully saturated rings. The standard InChI is InChI=1S/C14H18F2N2O/c1-8(2)13-4-3-5-18(13)14(19)9-6-12(17)11(16)7-10(9)15/h6-8,13H,3-5,17H2,1-2H3. The lowest BCUT2D eigenvalue weighted by Crippen LogP contribution is -2.39. The van der Waals surface area contributed by atoms with Gasteiger partial charge in [-0.1, -0.05) is 13.8 Å². The van der Waals surface area contributed by atoms with E-state index in [2.05, 4.69) is 0 Å². The number of nitrogens with zero attached hydrogens (tertiary/aromatic N) is 1. The Balaban J connectivity index is 2.32. The minimum atomic E-state index is -0.855. The Morgan fingerprint density at radius 3 is 2.68 bits per heavy atom. The fourth-order valence-electron chi connectivity index (χ4n) is 2.62. The smallest absolute Gasteiger partial charge is 0.257 e. The summed E-state index contributed by atoms with van der Waals surface area (Å²) in [6.07, 6.45) is 1.83. The first-order valence-corrected chi connectivity index (χ1v) is 6.47. The van der Waals surface area contributed by atoms with Crippen molar-refractivity contribution in [1.29, 1.82) is 0 Å². The molecule has 1 saturated heterocycles. The van der Waals surface area contributed by atoms with Crippen LogP contribution >= 0.6 is 0 Å². The van der Waals surface area contributed by atoms with Crippen LogP contribution in [-0.2, 0) is 0 Å². The molecule has 0 aliphatic carbocycles. The molecule has 1 aliphatic rings. The Kier molecular flexibility index (Phi) is 3.73. The van der Waals surface area contributed by atoms with Gasteiger partial charge in [-0.15, -0.1) is 0 Å². The topological polar surface area (TPSA) is 46.3 Å². The highest BCUT2D eigenvalue weighted by Crippen LogP contribution is 2.27. The number of nitrogen functional groups attached to an aromatic ring is 1. The molecule has 1 heterocycles. The quantitative estimate of drug-likeness (QED) is 0.838. The number of rotatable bonds is 2.